The molecule has 0 bridgehead atoms. The molecule has 3 aliphatic carbocycles. The number of rotatable bonds is 14. The summed E-state index contributed by atoms with van der Waals surface area (Å²) in [5.41, 5.74) is -7.60. The molecule has 44 heavy (non-hydrogen) atoms. The van der Waals surface area contributed by atoms with Gasteiger partial charge in [-0.1, -0.05) is 89.7 Å². The van der Waals surface area contributed by atoms with E-state index in [2.05, 4.69) is 13.5 Å². The molecule has 2 saturated carbocycles. The van der Waals surface area contributed by atoms with Gasteiger partial charge in [0.25, 0.3) is 0 Å². The van der Waals surface area contributed by atoms with Crippen LogP contribution in [0.2, 0.25) is 0 Å². The van der Waals surface area contributed by atoms with Crippen molar-refractivity contribution in [3.05, 3.63) is 48.1 Å². The third-order valence-electron chi connectivity index (χ3n) is 10.8. The van der Waals surface area contributed by atoms with Gasteiger partial charge in [-0.2, -0.15) is 0 Å². The van der Waals surface area contributed by atoms with Crippen LogP contribution < -0.4 is 0 Å². The molecule has 246 valence electrons. The SMILES string of the molecule is C=C(C)[C@]1(O)C[C@@H](C)[C@@]2(O)[C@@H]([C@H]1OC(=O)/C=C/C=C/CCCCCCCCCC)[C@@H]1O[C@]1(CO)[C@@H](O)[C@]1(O)C(=O)C(C)=C[C@H]12. The molecule has 5 N–H and O–H groups in total. The third-order valence-corrected chi connectivity index (χ3v) is 10.8. The van der Waals surface area contributed by atoms with Crippen molar-refractivity contribution in [3.8, 4) is 0 Å². The fourth-order valence-electron chi connectivity index (χ4n) is 8.06. The Balaban J connectivity index is 1.53. The van der Waals surface area contributed by atoms with Gasteiger partial charge in [0.1, 0.15) is 29.5 Å². The molecule has 1 saturated heterocycles. The lowest BCUT2D eigenvalue weighted by molar-refractivity contribution is -0.252. The minimum absolute atomic E-state index is 0.0991. The number of aliphatic hydroxyl groups excluding tert-OH is 2. The highest BCUT2D eigenvalue weighted by Crippen LogP contribution is 2.65. The Kier molecular flexibility index (Phi) is 10.5. The van der Waals surface area contributed by atoms with E-state index in [4.69, 9.17) is 9.47 Å². The second-order valence-corrected chi connectivity index (χ2v) is 13.7. The first-order valence-electron chi connectivity index (χ1n) is 16.3. The van der Waals surface area contributed by atoms with Gasteiger partial charge in [0, 0.05) is 12.0 Å². The third kappa shape index (κ3) is 5.69. The van der Waals surface area contributed by atoms with Crippen LogP contribution in [-0.4, -0.2) is 84.6 Å². The van der Waals surface area contributed by atoms with Crippen LogP contribution in [0.5, 0.6) is 0 Å². The topological polar surface area (TPSA) is 157 Å². The Bertz CT molecular complexity index is 1190. The maximum Gasteiger partial charge on any atom is 0.331 e. The van der Waals surface area contributed by atoms with E-state index in [1.165, 1.54) is 57.6 Å². The van der Waals surface area contributed by atoms with Gasteiger partial charge >= 0.3 is 5.97 Å². The maximum absolute atomic E-state index is 13.3. The van der Waals surface area contributed by atoms with Gasteiger partial charge in [-0.25, -0.2) is 4.79 Å². The number of carbonyl (C=O) groups excluding carboxylic acids is 2. The molecule has 0 amide bonds. The summed E-state index contributed by atoms with van der Waals surface area (Å²) in [6, 6.07) is 0. The number of unbranched alkanes of at least 4 members (excludes halogenated alkanes) is 8. The predicted molar refractivity (Wildman–Crippen MR) is 165 cm³/mol. The Labute approximate surface area is 261 Å². The van der Waals surface area contributed by atoms with E-state index in [0.29, 0.717) is 5.57 Å². The van der Waals surface area contributed by atoms with E-state index >= 15 is 0 Å². The second-order valence-electron chi connectivity index (χ2n) is 13.7. The summed E-state index contributed by atoms with van der Waals surface area (Å²) in [6.07, 6.45) is 14.2. The molecule has 0 radical (unpaired) electrons. The number of ether oxygens (including phenoxy) is 2. The molecule has 3 fully saturated rings. The highest BCUT2D eigenvalue weighted by molar-refractivity contribution is 6.05. The summed E-state index contributed by atoms with van der Waals surface area (Å²) < 4.78 is 11.8. The van der Waals surface area contributed by atoms with Crippen LogP contribution in [0.3, 0.4) is 0 Å². The largest absolute Gasteiger partial charge is 0.455 e. The number of ketones is 1. The number of hydrogen-bond acceptors (Lipinski definition) is 9. The molecule has 0 aromatic rings. The van der Waals surface area contributed by atoms with Crippen molar-refractivity contribution in [2.45, 2.75) is 133 Å². The number of Topliss-reactive ketones (excluding diaryl/α,β-unsaturated/α-hetero) is 1. The van der Waals surface area contributed by atoms with E-state index < -0.39 is 76.8 Å². The van der Waals surface area contributed by atoms with Crippen molar-refractivity contribution >= 4 is 11.8 Å². The Morgan fingerprint density at radius 1 is 1.11 bits per heavy atom. The number of carbonyl (C=O) groups is 2. The molecule has 4 aliphatic rings. The summed E-state index contributed by atoms with van der Waals surface area (Å²) in [6.45, 7) is 10.1. The zero-order chi connectivity index (χ0) is 32.5. The molecule has 10 atom stereocenters. The quantitative estimate of drug-likeness (QED) is 0.0491. The molecule has 0 unspecified atom stereocenters. The van der Waals surface area contributed by atoms with Crippen LogP contribution in [0.25, 0.3) is 0 Å². The molecule has 4 rings (SSSR count). The van der Waals surface area contributed by atoms with Gasteiger partial charge in [0.05, 0.1) is 18.1 Å². The van der Waals surface area contributed by atoms with Crippen LogP contribution >= 0.6 is 0 Å². The molecular formula is C35H52O9. The number of aliphatic hydroxyl groups is 5. The monoisotopic (exact) mass is 616 g/mol. The fourth-order valence-corrected chi connectivity index (χ4v) is 8.06. The van der Waals surface area contributed by atoms with Crippen molar-refractivity contribution < 1.29 is 44.6 Å². The van der Waals surface area contributed by atoms with E-state index in [1.54, 1.807) is 26.0 Å². The smallest absolute Gasteiger partial charge is 0.331 e. The van der Waals surface area contributed by atoms with Crippen LogP contribution in [0.1, 0.15) is 91.9 Å². The van der Waals surface area contributed by atoms with Crippen molar-refractivity contribution in [2.24, 2.45) is 17.8 Å². The van der Waals surface area contributed by atoms with Crippen LogP contribution in [0, 0.1) is 17.8 Å². The van der Waals surface area contributed by atoms with Crippen molar-refractivity contribution in [2.75, 3.05) is 6.61 Å². The lowest BCUT2D eigenvalue weighted by atomic mass is 9.54. The molecule has 9 nitrogen and oxygen atoms in total. The fraction of sp³-hybridized carbons (Fsp3) is 0.714. The summed E-state index contributed by atoms with van der Waals surface area (Å²) in [7, 11) is 0. The molecule has 1 heterocycles. The lowest BCUT2D eigenvalue weighted by Gasteiger charge is -2.57. The Morgan fingerprint density at radius 2 is 1.75 bits per heavy atom. The molecule has 0 aromatic carbocycles. The van der Waals surface area contributed by atoms with E-state index in [1.807, 2.05) is 6.08 Å². The van der Waals surface area contributed by atoms with Gasteiger partial charge in [-0.05, 0) is 50.2 Å². The number of esters is 1. The van der Waals surface area contributed by atoms with Crippen LogP contribution in [-0.2, 0) is 19.1 Å². The highest BCUT2D eigenvalue weighted by Gasteiger charge is 2.83. The Hall–Kier alpha value is -2.14. The zero-order valence-electron chi connectivity index (χ0n) is 26.7. The first-order chi connectivity index (χ1) is 20.8. The second kappa shape index (κ2) is 13.3. The highest BCUT2D eigenvalue weighted by atomic mass is 16.6. The molecule has 0 aromatic heterocycles. The number of allylic oxidation sites excluding steroid dienone is 3. The van der Waals surface area contributed by atoms with Crippen LogP contribution in [0.4, 0.5) is 0 Å². The van der Waals surface area contributed by atoms with Crippen molar-refractivity contribution in [3.63, 3.8) is 0 Å². The average Bonchev–Trinajstić information content (AvgIpc) is 3.67. The van der Waals surface area contributed by atoms with Crippen molar-refractivity contribution in [1.29, 1.82) is 0 Å². The maximum atomic E-state index is 13.3. The lowest BCUT2D eigenvalue weighted by Crippen LogP contribution is -2.71. The number of fused-ring (bicyclic) bond motifs is 5. The number of hydrogen-bond donors (Lipinski definition) is 5. The minimum Gasteiger partial charge on any atom is -0.455 e. The summed E-state index contributed by atoms with van der Waals surface area (Å²) in [4.78, 5) is 26.4. The van der Waals surface area contributed by atoms with E-state index in [0.717, 1.165) is 19.3 Å². The summed E-state index contributed by atoms with van der Waals surface area (Å²) in [5.74, 6) is -4.83. The summed E-state index contributed by atoms with van der Waals surface area (Å²) in [5, 5.41) is 58.1. The zero-order valence-corrected chi connectivity index (χ0v) is 26.7. The van der Waals surface area contributed by atoms with E-state index in [-0.39, 0.29) is 12.0 Å². The average molecular weight is 617 g/mol. The van der Waals surface area contributed by atoms with Gasteiger partial charge in [-0.15, -0.1) is 0 Å². The van der Waals surface area contributed by atoms with E-state index in [9.17, 15) is 35.1 Å². The summed E-state index contributed by atoms with van der Waals surface area (Å²) >= 11 is 0. The molecular weight excluding hydrogens is 564 g/mol. The van der Waals surface area contributed by atoms with Gasteiger partial charge in [-0.3, -0.25) is 4.79 Å². The number of epoxide rings is 1. The molecule has 1 aliphatic heterocycles. The standard InChI is InChI=1S/C35H52O9/c1-6-7-8-9-10-11-12-13-14-15-16-17-18-26(37)43-29-27-30-33(21-36,44-30)31(39)35(42)25(19-23(4)28(35)38)34(27,41)24(5)20-32(29,40)22(2)3/h15-19,24-25,27,29-31,36,39-42H,2,6-14,20-21H2,1,3-5H3/b16-15+,18-17+/t24-,25+,27+,29-,30+,31-,32-,33+,34+,35-/m1/s1. The minimum atomic E-state index is -2.48. The molecule has 9 heteroatoms. The van der Waals surface area contributed by atoms with Gasteiger partial charge in [0.15, 0.2) is 11.4 Å². The van der Waals surface area contributed by atoms with Gasteiger partial charge in [0.2, 0.25) is 0 Å². The van der Waals surface area contributed by atoms with Crippen LogP contribution in [0.15, 0.2) is 48.1 Å². The van der Waals surface area contributed by atoms with Gasteiger partial charge < -0.3 is 35.0 Å². The molecule has 0 spiro atoms. The first kappa shape index (κ1) is 34.7. The van der Waals surface area contributed by atoms with Crippen molar-refractivity contribution in [1.82, 2.24) is 0 Å². The first-order valence-corrected chi connectivity index (χ1v) is 16.3. The Morgan fingerprint density at radius 3 is 2.36 bits per heavy atom. The predicted octanol–water partition coefficient (Wildman–Crippen LogP) is 3.62. The normalized spacial score (nSPS) is 41.2.